The van der Waals surface area contributed by atoms with Crippen molar-refractivity contribution in [2.24, 2.45) is 0 Å². The van der Waals surface area contributed by atoms with Gasteiger partial charge in [0.15, 0.2) is 0 Å². The minimum atomic E-state index is -0.120. The molecule has 1 fully saturated rings. The number of aromatic nitrogens is 4. The number of carbonyl (C=O) groups excluding carboxylic acids is 1. The molecule has 10 nitrogen and oxygen atoms in total. The molecule has 1 saturated heterocycles. The molecule has 37 heavy (non-hydrogen) atoms. The quantitative estimate of drug-likeness (QED) is 0.381. The number of ether oxygens (including phenoxy) is 1. The fourth-order valence-corrected chi connectivity index (χ4v) is 4.26. The van der Waals surface area contributed by atoms with Gasteiger partial charge in [-0.1, -0.05) is 6.07 Å². The summed E-state index contributed by atoms with van der Waals surface area (Å²) in [5.41, 5.74) is 5.25. The first-order valence-corrected chi connectivity index (χ1v) is 12.4. The molecule has 2 aromatic heterocycles. The van der Waals surface area contributed by atoms with Crippen LogP contribution in [0.2, 0.25) is 0 Å². The number of carbonyl (C=O) groups is 1. The van der Waals surface area contributed by atoms with Crippen molar-refractivity contribution in [2.75, 3.05) is 64.2 Å². The highest BCUT2D eigenvalue weighted by Gasteiger charge is 2.17. The summed E-state index contributed by atoms with van der Waals surface area (Å²) in [6.07, 6.45) is 1.90. The number of nitrogens with zero attached hydrogens (tertiary/aromatic N) is 6. The van der Waals surface area contributed by atoms with Crippen LogP contribution >= 0.6 is 0 Å². The van der Waals surface area contributed by atoms with Crippen LogP contribution < -0.4 is 15.5 Å². The Kier molecular flexibility index (Phi) is 7.29. The molecule has 0 radical (unpaired) electrons. The first-order valence-electron chi connectivity index (χ1n) is 12.4. The van der Waals surface area contributed by atoms with Gasteiger partial charge in [0.05, 0.1) is 36.3 Å². The van der Waals surface area contributed by atoms with Gasteiger partial charge in [-0.15, -0.1) is 0 Å². The van der Waals surface area contributed by atoms with Gasteiger partial charge in [0.25, 0.3) is 5.91 Å². The second-order valence-electron chi connectivity index (χ2n) is 9.26. The molecule has 4 aromatic rings. The minimum Gasteiger partial charge on any atom is -0.378 e. The van der Waals surface area contributed by atoms with E-state index in [4.69, 9.17) is 14.7 Å². The first kappa shape index (κ1) is 24.7. The number of imidazole rings is 1. The van der Waals surface area contributed by atoms with Crippen LogP contribution in [0.3, 0.4) is 0 Å². The Balaban J connectivity index is 1.47. The summed E-state index contributed by atoms with van der Waals surface area (Å²) in [6.45, 7) is 4.59. The Morgan fingerprint density at radius 3 is 2.57 bits per heavy atom. The van der Waals surface area contributed by atoms with E-state index >= 15 is 0 Å². The number of hydrogen-bond acceptors (Lipinski definition) is 8. The van der Waals surface area contributed by atoms with Crippen LogP contribution in [0.5, 0.6) is 0 Å². The van der Waals surface area contributed by atoms with Gasteiger partial charge in [0.1, 0.15) is 5.82 Å². The predicted octanol–water partition coefficient (Wildman–Crippen LogP) is 2.99. The SMILES string of the molecule is CNC(=O)c1ccc(Nc2cc(-c3ccc4c(c3)ncn4CCN(C)C)nc(N3CCOCC3)n2)cc1. The lowest BCUT2D eigenvalue weighted by Crippen LogP contribution is -2.37. The van der Waals surface area contributed by atoms with Gasteiger partial charge in [0.2, 0.25) is 5.95 Å². The Hall–Kier alpha value is -4.02. The van der Waals surface area contributed by atoms with E-state index in [0.717, 1.165) is 54.2 Å². The number of benzene rings is 2. The van der Waals surface area contributed by atoms with Gasteiger partial charge in [0, 0.05) is 56.1 Å². The maximum Gasteiger partial charge on any atom is 0.251 e. The molecular formula is C27H32N8O2. The summed E-state index contributed by atoms with van der Waals surface area (Å²) in [5, 5.41) is 6.02. The zero-order valence-electron chi connectivity index (χ0n) is 21.4. The van der Waals surface area contributed by atoms with Crippen molar-refractivity contribution in [1.29, 1.82) is 0 Å². The van der Waals surface area contributed by atoms with Gasteiger partial charge in [-0.25, -0.2) is 9.97 Å². The monoisotopic (exact) mass is 500 g/mol. The Morgan fingerprint density at radius 1 is 1.05 bits per heavy atom. The molecule has 1 amide bonds. The smallest absolute Gasteiger partial charge is 0.251 e. The lowest BCUT2D eigenvalue weighted by molar-refractivity contribution is 0.0963. The number of likely N-dealkylation sites (N-methyl/N-ethyl adjacent to an activating group) is 1. The second-order valence-corrected chi connectivity index (χ2v) is 9.26. The number of morpholine rings is 1. The third kappa shape index (κ3) is 5.71. The van der Waals surface area contributed by atoms with Crippen LogP contribution in [-0.2, 0) is 11.3 Å². The average Bonchev–Trinajstić information content (AvgIpc) is 3.34. The maximum absolute atomic E-state index is 11.9. The van der Waals surface area contributed by atoms with Crippen LogP contribution in [0.4, 0.5) is 17.5 Å². The lowest BCUT2D eigenvalue weighted by atomic mass is 10.1. The molecule has 0 atom stereocenters. The van der Waals surface area contributed by atoms with Crippen molar-refractivity contribution in [1.82, 2.24) is 29.7 Å². The highest BCUT2D eigenvalue weighted by molar-refractivity contribution is 5.94. The van der Waals surface area contributed by atoms with Crippen molar-refractivity contribution >= 4 is 34.4 Å². The zero-order chi connectivity index (χ0) is 25.8. The zero-order valence-corrected chi connectivity index (χ0v) is 21.4. The van der Waals surface area contributed by atoms with Gasteiger partial charge in [-0.3, -0.25) is 4.79 Å². The number of amides is 1. The molecule has 0 saturated carbocycles. The summed E-state index contributed by atoms with van der Waals surface area (Å²) in [6, 6.07) is 15.5. The third-order valence-electron chi connectivity index (χ3n) is 6.36. The molecule has 1 aliphatic heterocycles. The molecule has 2 aromatic carbocycles. The first-order chi connectivity index (χ1) is 18.0. The molecule has 0 aliphatic carbocycles. The fourth-order valence-electron chi connectivity index (χ4n) is 4.26. The molecule has 0 unspecified atom stereocenters. The van der Waals surface area contributed by atoms with Crippen LogP contribution in [0, 0.1) is 0 Å². The molecule has 1 aliphatic rings. The van der Waals surface area contributed by atoms with E-state index < -0.39 is 0 Å². The van der Waals surface area contributed by atoms with Crippen LogP contribution in [0.25, 0.3) is 22.3 Å². The molecule has 0 bridgehead atoms. The highest BCUT2D eigenvalue weighted by atomic mass is 16.5. The summed E-state index contributed by atoms with van der Waals surface area (Å²) in [5.74, 6) is 1.21. The van der Waals surface area contributed by atoms with E-state index in [1.54, 1.807) is 19.2 Å². The van der Waals surface area contributed by atoms with E-state index in [1.807, 2.05) is 24.5 Å². The van der Waals surface area contributed by atoms with Gasteiger partial charge in [-0.2, -0.15) is 4.98 Å². The number of anilines is 3. The Labute approximate surface area is 216 Å². The average molecular weight is 501 g/mol. The minimum absolute atomic E-state index is 0.120. The molecular weight excluding hydrogens is 468 g/mol. The molecule has 5 rings (SSSR count). The van der Waals surface area contributed by atoms with E-state index in [0.29, 0.717) is 30.5 Å². The molecule has 3 heterocycles. The van der Waals surface area contributed by atoms with Crippen molar-refractivity contribution in [2.45, 2.75) is 6.54 Å². The van der Waals surface area contributed by atoms with Gasteiger partial charge in [-0.05, 0) is 50.5 Å². The number of fused-ring (bicyclic) bond motifs is 1. The molecule has 10 heteroatoms. The lowest BCUT2D eigenvalue weighted by Gasteiger charge is -2.27. The molecule has 2 N–H and O–H groups in total. The van der Waals surface area contributed by atoms with E-state index in [-0.39, 0.29) is 5.91 Å². The van der Waals surface area contributed by atoms with E-state index in [2.05, 4.69) is 62.3 Å². The summed E-state index contributed by atoms with van der Waals surface area (Å²) < 4.78 is 7.70. The number of hydrogen-bond donors (Lipinski definition) is 2. The van der Waals surface area contributed by atoms with Gasteiger partial charge >= 0.3 is 0 Å². The topological polar surface area (TPSA) is 100 Å². The summed E-state index contributed by atoms with van der Waals surface area (Å²) in [7, 11) is 5.76. The van der Waals surface area contributed by atoms with Crippen molar-refractivity contribution in [3.05, 3.63) is 60.4 Å². The number of rotatable bonds is 8. The highest BCUT2D eigenvalue weighted by Crippen LogP contribution is 2.28. The summed E-state index contributed by atoms with van der Waals surface area (Å²) >= 11 is 0. The molecule has 192 valence electrons. The predicted molar refractivity (Wildman–Crippen MR) is 145 cm³/mol. The van der Waals surface area contributed by atoms with Crippen LogP contribution in [-0.4, -0.2) is 84.3 Å². The van der Waals surface area contributed by atoms with Gasteiger partial charge < -0.3 is 29.7 Å². The van der Waals surface area contributed by atoms with Crippen molar-refractivity contribution < 1.29 is 9.53 Å². The standard InChI is InChI=1S/C27H32N8O2/c1-28-26(36)19-4-7-21(8-5-19)30-25-17-22(31-27(32-25)34-12-14-37-15-13-34)20-6-9-24-23(16-20)29-18-35(24)11-10-33(2)3/h4-9,16-18H,10-15H2,1-3H3,(H,28,36)(H,30,31,32). The van der Waals surface area contributed by atoms with Crippen molar-refractivity contribution in [3.63, 3.8) is 0 Å². The second kappa shape index (κ2) is 10.9. The number of nitrogens with one attached hydrogen (secondary N) is 2. The normalized spacial score (nSPS) is 13.8. The fraction of sp³-hybridized carbons (Fsp3) is 0.333. The van der Waals surface area contributed by atoms with Crippen molar-refractivity contribution in [3.8, 4) is 11.3 Å². The third-order valence-corrected chi connectivity index (χ3v) is 6.36. The molecule has 0 spiro atoms. The van der Waals surface area contributed by atoms with Crippen LogP contribution in [0.1, 0.15) is 10.4 Å². The summed E-state index contributed by atoms with van der Waals surface area (Å²) in [4.78, 5) is 30.5. The van der Waals surface area contributed by atoms with E-state index in [1.165, 1.54) is 0 Å². The maximum atomic E-state index is 11.9. The van der Waals surface area contributed by atoms with Crippen LogP contribution in [0.15, 0.2) is 54.9 Å². The van der Waals surface area contributed by atoms with E-state index in [9.17, 15) is 4.79 Å². The Bertz CT molecular complexity index is 1380. The largest absolute Gasteiger partial charge is 0.378 e. The Morgan fingerprint density at radius 2 is 1.84 bits per heavy atom.